The van der Waals surface area contributed by atoms with E-state index in [2.05, 4.69) is 21.3 Å². The molecule has 4 rings (SSSR count). The number of aliphatic hydroxyl groups excluding tert-OH is 4. The van der Waals surface area contributed by atoms with Crippen LogP contribution in [0.25, 0.3) is 0 Å². The molecule has 24 heteroatoms. The van der Waals surface area contributed by atoms with Crippen LogP contribution in [0.3, 0.4) is 0 Å². The van der Waals surface area contributed by atoms with Crippen molar-refractivity contribution >= 4 is 163 Å². The van der Waals surface area contributed by atoms with Gasteiger partial charge < -0.3 is 41.7 Å². The highest BCUT2D eigenvalue weighted by Crippen LogP contribution is 2.36. The van der Waals surface area contributed by atoms with Gasteiger partial charge in [0.15, 0.2) is 0 Å². The maximum Gasteiger partial charge on any atom is 0.272 e. The van der Waals surface area contributed by atoms with Crippen LogP contribution < -0.4 is 21.3 Å². The summed E-state index contributed by atoms with van der Waals surface area (Å²) in [5, 5.41) is 45.6. The second-order valence-electron chi connectivity index (χ2n) is 12.4. The van der Waals surface area contributed by atoms with Crippen LogP contribution in [0.4, 0.5) is 0 Å². The van der Waals surface area contributed by atoms with Crippen LogP contribution in [-0.4, -0.2) is 110 Å². The van der Waals surface area contributed by atoms with Gasteiger partial charge in [0.2, 0.25) is 0 Å². The molecule has 4 saturated carbocycles. The van der Waals surface area contributed by atoms with Gasteiger partial charge >= 0.3 is 0 Å². The lowest BCUT2D eigenvalue weighted by Crippen LogP contribution is -2.44. The van der Waals surface area contributed by atoms with Gasteiger partial charge in [-0.2, -0.15) is 0 Å². The van der Waals surface area contributed by atoms with E-state index in [1.54, 1.807) is 0 Å². The van der Waals surface area contributed by atoms with Crippen molar-refractivity contribution in [3.63, 3.8) is 0 Å². The molecule has 8 N–H and O–H groups in total. The Bertz CT molecular complexity index is 978. The molecule has 0 spiro atoms. The SMILES string of the molecule is O=C(N[C@@H](CO)C1CC1)C(Cl)(Cl)Cl.O=C(N[C@@H](CO)C1CC1)C(Cl)(Cl)Cl.O=C(N[C@H](CO)C1CC1)C(Cl)(Cl)Cl.O=C(N[C@H](CO)C1CC1)C(Cl)(Cl)Cl. The highest BCUT2D eigenvalue weighted by molar-refractivity contribution is 6.77. The first-order valence-corrected chi connectivity index (χ1v) is 20.3. The van der Waals surface area contributed by atoms with Crippen LogP contribution in [0.15, 0.2) is 0 Å². The molecule has 0 aromatic carbocycles. The summed E-state index contributed by atoms with van der Waals surface area (Å²) >= 11 is 64.2. The number of alkyl halides is 12. The number of carbonyl (C=O) groups excluding carboxylic acids is 4. The summed E-state index contributed by atoms with van der Waals surface area (Å²) in [5.41, 5.74) is 0. The Labute approximate surface area is 361 Å². The Morgan fingerprint density at radius 1 is 0.385 bits per heavy atom. The van der Waals surface area contributed by atoms with E-state index < -0.39 is 38.8 Å². The van der Waals surface area contributed by atoms with E-state index in [0.717, 1.165) is 51.4 Å². The van der Waals surface area contributed by atoms with Crippen molar-refractivity contribution < 1.29 is 39.6 Å². The van der Waals surface area contributed by atoms with Crippen molar-refractivity contribution in [2.75, 3.05) is 26.4 Å². The minimum Gasteiger partial charge on any atom is -0.394 e. The molecule has 4 fully saturated rings. The summed E-state index contributed by atoms with van der Waals surface area (Å²) in [6, 6.07) is -1.10. The summed E-state index contributed by atoms with van der Waals surface area (Å²) in [6.07, 6.45) is 8.04. The second-order valence-corrected chi connectivity index (χ2v) is 21.5. The molecule has 4 atom stereocenters. The van der Waals surface area contributed by atoms with Crippen LogP contribution in [0.1, 0.15) is 51.4 Å². The molecule has 0 aliphatic heterocycles. The zero-order chi connectivity index (χ0) is 40.2. The quantitative estimate of drug-likeness (QED) is 0.126. The Hall–Kier alpha value is 1.20. The van der Waals surface area contributed by atoms with E-state index >= 15 is 0 Å². The van der Waals surface area contributed by atoms with Crippen LogP contribution in [0.2, 0.25) is 0 Å². The zero-order valence-electron chi connectivity index (χ0n) is 27.1. The molecule has 0 heterocycles. The summed E-state index contributed by atoms with van der Waals surface area (Å²) < 4.78 is -7.77. The number of amides is 4. The van der Waals surface area contributed by atoms with Crippen molar-refractivity contribution in [3.8, 4) is 0 Å². The average Bonchev–Trinajstić information content (AvgIpc) is 3.83. The topological polar surface area (TPSA) is 197 Å². The number of hydrogen-bond acceptors (Lipinski definition) is 8. The smallest absolute Gasteiger partial charge is 0.272 e. The number of aliphatic hydroxyl groups is 4. The highest BCUT2D eigenvalue weighted by Gasteiger charge is 2.40. The van der Waals surface area contributed by atoms with Gasteiger partial charge in [-0.05, 0) is 75.0 Å². The third-order valence-corrected chi connectivity index (χ3v) is 9.91. The first-order valence-electron chi connectivity index (χ1n) is 15.7. The summed E-state index contributed by atoms with van der Waals surface area (Å²) in [7, 11) is 0. The Morgan fingerprint density at radius 3 is 0.596 bits per heavy atom. The first kappa shape index (κ1) is 51.2. The highest BCUT2D eigenvalue weighted by atomic mass is 35.6. The van der Waals surface area contributed by atoms with Gasteiger partial charge in [-0.15, -0.1) is 0 Å². The third-order valence-electron chi connectivity index (χ3n) is 7.85. The van der Waals surface area contributed by atoms with Crippen molar-refractivity contribution in [2.24, 2.45) is 23.7 Å². The number of carbonyl (C=O) groups is 4. The lowest BCUT2D eigenvalue weighted by atomic mass is 10.2. The molecule has 0 aromatic heterocycles. The number of nitrogens with one attached hydrogen (secondary N) is 4. The average molecular weight is 986 g/mol. The molecule has 304 valence electrons. The van der Waals surface area contributed by atoms with Crippen LogP contribution >= 0.6 is 139 Å². The minimum absolute atomic E-state index is 0.114. The van der Waals surface area contributed by atoms with Gasteiger partial charge in [0.25, 0.3) is 38.8 Å². The van der Waals surface area contributed by atoms with E-state index in [4.69, 9.17) is 160 Å². The van der Waals surface area contributed by atoms with Gasteiger partial charge in [0.1, 0.15) is 0 Å². The summed E-state index contributed by atoms with van der Waals surface area (Å²) in [6.45, 7) is -0.456. The normalized spacial score (nSPS) is 19.7. The third kappa shape index (κ3) is 21.6. The Morgan fingerprint density at radius 2 is 0.519 bits per heavy atom. The molecule has 0 unspecified atom stereocenters. The van der Waals surface area contributed by atoms with E-state index in [0.29, 0.717) is 23.7 Å². The molecule has 12 nitrogen and oxygen atoms in total. The van der Waals surface area contributed by atoms with E-state index in [-0.39, 0.29) is 50.6 Å². The summed E-state index contributed by atoms with van der Waals surface area (Å²) in [5.74, 6) is -1.37. The Balaban J connectivity index is 0.000000347. The van der Waals surface area contributed by atoms with Crippen molar-refractivity contribution in [2.45, 2.75) is 90.7 Å². The number of rotatable bonds is 12. The molecule has 4 aliphatic carbocycles. The van der Waals surface area contributed by atoms with Gasteiger partial charge in [-0.3, -0.25) is 19.2 Å². The zero-order valence-corrected chi connectivity index (χ0v) is 36.1. The second kappa shape index (κ2) is 23.0. The molecule has 52 heavy (non-hydrogen) atoms. The standard InChI is InChI=1S/4C7H10Cl3NO2/c4*8-7(9,10)6(13)11-5(3-12)4-1-2-4/h4*4-5,12H,1-3H2,(H,11,13)/t4*5-/m1100/s1. The molecular formula is C28H40Cl12N4O8. The summed E-state index contributed by atoms with van der Waals surface area (Å²) in [4.78, 5) is 44.6. The lowest BCUT2D eigenvalue weighted by molar-refractivity contribution is -0.122. The fraction of sp³-hybridized carbons (Fsp3) is 0.857. The minimum atomic E-state index is -1.94. The van der Waals surface area contributed by atoms with Gasteiger partial charge in [0.05, 0.1) is 50.6 Å². The maximum atomic E-state index is 11.1. The predicted octanol–water partition coefficient (Wildman–Crippen LogP) is 4.97. The van der Waals surface area contributed by atoms with Crippen LogP contribution in [0.5, 0.6) is 0 Å². The fourth-order valence-electron chi connectivity index (χ4n) is 4.25. The van der Waals surface area contributed by atoms with E-state index in [1.807, 2.05) is 0 Å². The van der Waals surface area contributed by atoms with E-state index in [1.165, 1.54) is 0 Å². The largest absolute Gasteiger partial charge is 0.394 e. The molecule has 0 bridgehead atoms. The Kier molecular flexibility index (Phi) is 22.6. The van der Waals surface area contributed by atoms with Gasteiger partial charge in [0, 0.05) is 0 Å². The molecule has 4 aliphatic rings. The predicted molar refractivity (Wildman–Crippen MR) is 208 cm³/mol. The molecule has 4 amide bonds. The van der Waals surface area contributed by atoms with Crippen molar-refractivity contribution in [1.29, 1.82) is 0 Å². The van der Waals surface area contributed by atoms with E-state index in [9.17, 15) is 19.2 Å². The van der Waals surface area contributed by atoms with Gasteiger partial charge in [-0.25, -0.2) is 0 Å². The maximum absolute atomic E-state index is 11.1. The van der Waals surface area contributed by atoms with Crippen molar-refractivity contribution in [1.82, 2.24) is 21.3 Å². The number of halogens is 12. The molecule has 0 aromatic rings. The van der Waals surface area contributed by atoms with Crippen LogP contribution in [-0.2, 0) is 19.2 Å². The first-order chi connectivity index (χ1) is 23.8. The van der Waals surface area contributed by atoms with Gasteiger partial charge in [-0.1, -0.05) is 139 Å². The number of hydrogen-bond donors (Lipinski definition) is 8. The monoisotopic (exact) mass is 980 g/mol. The molecule has 0 saturated heterocycles. The fourth-order valence-corrected chi connectivity index (χ4v) is 4.90. The molecule has 0 radical (unpaired) electrons. The molecular weight excluding hydrogens is 946 g/mol. The van der Waals surface area contributed by atoms with Crippen LogP contribution in [0, 0.1) is 23.7 Å². The lowest BCUT2D eigenvalue weighted by Gasteiger charge is -2.18. The van der Waals surface area contributed by atoms with Crippen molar-refractivity contribution in [3.05, 3.63) is 0 Å².